The van der Waals surface area contributed by atoms with E-state index in [2.05, 4.69) is 17.4 Å². The topological polar surface area (TPSA) is 67.2 Å². The third kappa shape index (κ3) is 3.21. The molecule has 0 saturated heterocycles. The number of nitriles is 1. The second-order valence-corrected chi connectivity index (χ2v) is 5.70. The van der Waals surface area contributed by atoms with Gasteiger partial charge in [-0.1, -0.05) is 0 Å². The van der Waals surface area contributed by atoms with E-state index in [0.717, 1.165) is 12.1 Å². The van der Waals surface area contributed by atoms with Crippen molar-refractivity contribution in [2.45, 2.75) is 16.4 Å². The minimum atomic E-state index is -4.40. The highest BCUT2D eigenvalue weighted by Gasteiger charge is 2.26. The van der Waals surface area contributed by atoms with E-state index < -0.39 is 31.9 Å². The Morgan fingerprint density at radius 1 is 1.47 bits per heavy atom. The average Bonchev–Trinajstić information content (AvgIpc) is 2.18. The molecule has 0 aromatic heterocycles. The van der Waals surface area contributed by atoms with E-state index >= 15 is 0 Å². The molecule has 0 aliphatic rings. The van der Waals surface area contributed by atoms with Crippen molar-refractivity contribution in [1.82, 2.24) is 0 Å². The number of benzene rings is 1. The first kappa shape index (κ1) is 14.0. The van der Waals surface area contributed by atoms with Crippen LogP contribution < -0.4 is 4.74 Å². The molecule has 0 aliphatic heterocycles. The van der Waals surface area contributed by atoms with E-state index in [9.17, 15) is 17.2 Å². The minimum Gasteiger partial charge on any atom is -0.432 e. The standard InChI is InChI=1S/C8H4ClF2NO3S2/c9-17(13,14)7-4(3-12)1-2-5(16)6(7)15-8(10)11/h1-2,8,16H. The van der Waals surface area contributed by atoms with Crippen molar-refractivity contribution in [3.05, 3.63) is 17.7 Å². The summed E-state index contributed by atoms with van der Waals surface area (Å²) in [7, 11) is 0.663. The Morgan fingerprint density at radius 3 is 2.47 bits per heavy atom. The second-order valence-electron chi connectivity index (χ2n) is 2.72. The lowest BCUT2D eigenvalue weighted by Gasteiger charge is -2.11. The molecule has 1 aromatic carbocycles. The van der Waals surface area contributed by atoms with E-state index in [1.54, 1.807) is 0 Å². The van der Waals surface area contributed by atoms with Gasteiger partial charge in [-0.3, -0.25) is 0 Å². The molecule has 17 heavy (non-hydrogen) atoms. The van der Waals surface area contributed by atoms with Gasteiger partial charge >= 0.3 is 6.61 Å². The van der Waals surface area contributed by atoms with Crippen molar-refractivity contribution in [3.63, 3.8) is 0 Å². The molecule has 0 aliphatic carbocycles. The van der Waals surface area contributed by atoms with Gasteiger partial charge in [-0.15, -0.1) is 12.6 Å². The first-order chi connectivity index (χ1) is 7.77. The molecule has 0 radical (unpaired) electrons. The number of alkyl halides is 2. The van der Waals surface area contributed by atoms with Crippen LogP contribution in [0, 0.1) is 11.3 Å². The van der Waals surface area contributed by atoms with Crippen LogP contribution in [0.5, 0.6) is 5.75 Å². The molecule has 0 amide bonds. The van der Waals surface area contributed by atoms with Crippen molar-refractivity contribution in [2.75, 3.05) is 0 Å². The van der Waals surface area contributed by atoms with Crippen molar-refractivity contribution < 1.29 is 21.9 Å². The van der Waals surface area contributed by atoms with E-state index in [-0.39, 0.29) is 4.90 Å². The molecule has 0 saturated carbocycles. The zero-order chi connectivity index (χ0) is 13.2. The monoisotopic (exact) mass is 299 g/mol. The van der Waals surface area contributed by atoms with E-state index in [1.165, 1.54) is 6.07 Å². The molecule has 9 heteroatoms. The predicted molar refractivity (Wildman–Crippen MR) is 58.1 cm³/mol. The maximum absolute atomic E-state index is 12.1. The van der Waals surface area contributed by atoms with Crippen LogP contribution in [-0.4, -0.2) is 15.0 Å². The number of rotatable bonds is 3. The van der Waals surface area contributed by atoms with E-state index in [4.69, 9.17) is 15.9 Å². The van der Waals surface area contributed by atoms with Crippen LogP contribution in [0.2, 0.25) is 0 Å². The lowest BCUT2D eigenvalue weighted by molar-refractivity contribution is -0.0536. The van der Waals surface area contributed by atoms with Crippen LogP contribution in [0.25, 0.3) is 0 Å². The Hall–Kier alpha value is -1.04. The molecule has 0 fully saturated rings. The van der Waals surface area contributed by atoms with Gasteiger partial charge in [-0.2, -0.15) is 14.0 Å². The number of nitrogens with zero attached hydrogens (tertiary/aromatic N) is 1. The number of ether oxygens (including phenoxy) is 1. The van der Waals surface area contributed by atoms with Gasteiger partial charge in [0.2, 0.25) is 0 Å². The smallest absolute Gasteiger partial charge is 0.387 e. The van der Waals surface area contributed by atoms with Crippen LogP contribution >= 0.6 is 23.3 Å². The number of thiol groups is 1. The highest BCUT2D eigenvalue weighted by atomic mass is 35.7. The molecular weight excluding hydrogens is 296 g/mol. The van der Waals surface area contributed by atoms with Crippen LogP contribution in [0.1, 0.15) is 5.56 Å². The fourth-order valence-corrected chi connectivity index (χ4v) is 2.62. The molecule has 0 unspecified atom stereocenters. The Labute approximate surface area is 106 Å². The third-order valence-corrected chi connectivity index (χ3v) is 3.37. The van der Waals surface area contributed by atoms with Gasteiger partial charge in [0, 0.05) is 15.6 Å². The summed E-state index contributed by atoms with van der Waals surface area (Å²) in [4.78, 5) is -0.974. The Morgan fingerprint density at radius 2 is 2.06 bits per heavy atom. The molecule has 1 aromatic rings. The van der Waals surface area contributed by atoms with Crippen molar-refractivity contribution >= 4 is 32.4 Å². The zero-order valence-corrected chi connectivity index (χ0v) is 10.4. The molecule has 4 nitrogen and oxygen atoms in total. The highest BCUT2D eigenvalue weighted by molar-refractivity contribution is 8.13. The fraction of sp³-hybridized carbons (Fsp3) is 0.125. The maximum atomic E-state index is 12.1. The average molecular weight is 300 g/mol. The summed E-state index contributed by atoms with van der Waals surface area (Å²) in [6.45, 7) is -3.26. The lowest BCUT2D eigenvalue weighted by atomic mass is 10.2. The van der Waals surface area contributed by atoms with Gasteiger partial charge in [-0.25, -0.2) is 8.42 Å². The summed E-state index contributed by atoms with van der Waals surface area (Å²) in [5.74, 6) is -0.739. The third-order valence-electron chi connectivity index (χ3n) is 1.66. The predicted octanol–water partition coefficient (Wildman–Crippen LogP) is 2.38. The lowest BCUT2D eigenvalue weighted by Crippen LogP contribution is -2.08. The zero-order valence-electron chi connectivity index (χ0n) is 7.89. The molecule has 0 spiro atoms. The molecule has 0 heterocycles. The number of hydrogen-bond acceptors (Lipinski definition) is 5. The Bertz CT molecular complexity index is 583. The molecule has 0 bridgehead atoms. The normalized spacial score (nSPS) is 11.3. The van der Waals surface area contributed by atoms with E-state index in [1.807, 2.05) is 0 Å². The summed E-state index contributed by atoms with van der Waals surface area (Å²) in [5.41, 5.74) is -0.395. The second kappa shape index (κ2) is 5.08. The molecule has 1 rings (SSSR count). The highest BCUT2D eigenvalue weighted by Crippen LogP contribution is 2.36. The molecule has 0 N–H and O–H groups in total. The van der Waals surface area contributed by atoms with Crippen molar-refractivity contribution in [2.24, 2.45) is 0 Å². The van der Waals surface area contributed by atoms with Gasteiger partial charge in [0.15, 0.2) is 5.75 Å². The van der Waals surface area contributed by atoms with Crippen molar-refractivity contribution in [1.29, 1.82) is 5.26 Å². The first-order valence-corrected chi connectivity index (χ1v) is 6.68. The maximum Gasteiger partial charge on any atom is 0.387 e. The Kier molecular flexibility index (Phi) is 4.19. The van der Waals surface area contributed by atoms with Gasteiger partial charge in [-0.05, 0) is 12.1 Å². The molecular formula is C8H4ClF2NO3S2. The quantitative estimate of drug-likeness (QED) is 0.687. The van der Waals surface area contributed by atoms with Crippen LogP contribution in [0.15, 0.2) is 21.9 Å². The molecule has 0 atom stereocenters. The summed E-state index contributed by atoms with van der Waals surface area (Å²) in [6, 6.07) is 3.77. The van der Waals surface area contributed by atoms with E-state index in [0.29, 0.717) is 0 Å². The number of hydrogen-bond donors (Lipinski definition) is 1. The molecule has 92 valence electrons. The van der Waals surface area contributed by atoms with Gasteiger partial charge in [0.05, 0.1) is 5.56 Å². The number of halogens is 3. The van der Waals surface area contributed by atoms with Crippen LogP contribution in [-0.2, 0) is 9.05 Å². The summed E-state index contributed by atoms with van der Waals surface area (Å²) < 4.78 is 50.7. The summed E-state index contributed by atoms with van der Waals surface area (Å²) in [6.07, 6.45) is 0. The first-order valence-electron chi connectivity index (χ1n) is 3.93. The fourth-order valence-electron chi connectivity index (χ4n) is 1.09. The largest absolute Gasteiger partial charge is 0.432 e. The minimum absolute atomic E-state index is 0.163. The Balaban J connectivity index is 3.62. The summed E-state index contributed by atoms with van der Waals surface area (Å²) in [5, 5.41) is 8.69. The van der Waals surface area contributed by atoms with Crippen LogP contribution in [0.3, 0.4) is 0 Å². The van der Waals surface area contributed by atoms with Gasteiger partial charge < -0.3 is 4.74 Å². The van der Waals surface area contributed by atoms with Crippen molar-refractivity contribution in [3.8, 4) is 11.8 Å². The SMILES string of the molecule is N#Cc1ccc(S)c(OC(F)F)c1S(=O)(=O)Cl. The summed E-state index contributed by atoms with van der Waals surface area (Å²) >= 11 is 3.77. The van der Waals surface area contributed by atoms with Gasteiger partial charge in [0.1, 0.15) is 11.0 Å². The van der Waals surface area contributed by atoms with Gasteiger partial charge in [0.25, 0.3) is 9.05 Å². The van der Waals surface area contributed by atoms with Crippen LogP contribution in [0.4, 0.5) is 8.78 Å².